The van der Waals surface area contributed by atoms with Gasteiger partial charge in [-0.1, -0.05) is 27.7 Å². The van der Waals surface area contributed by atoms with Crippen LogP contribution in [-0.4, -0.2) is 5.24 Å². The van der Waals surface area contributed by atoms with Crippen molar-refractivity contribution in [3.63, 3.8) is 0 Å². The Kier molecular flexibility index (Phi) is 4.09. The van der Waals surface area contributed by atoms with E-state index >= 15 is 0 Å². The molecular formula is C9H17ClO. The number of halogens is 1. The molecule has 0 aliphatic rings. The van der Waals surface area contributed by atoms with E-state index < -0.39 is 0 Å². The van der Waals surface area contributed by atoms with Gasteiger partial charge < -0.3 is 0 Å². The summed E-state index contributed by atoms with van der Waals surface area (Å²) in [6.45, 7) is 8.57. The smallest absolute Gasteiger partial charge is 0.221 e. The van der Waals surface area contributed by atoms with Crippen molar-refractivity contribution >= 4 is 16.8 Å². The van der Waals surface area contributed by atoms with E-state index in [1.807, 2.05) is 0 Å². The Morgan fingerprint density at radius 2 is 1.91 bits per heavy atom. The zero-order valence-corrected chi connectivity index (χ0v) is 8.53. The predicted octanol–water partition coefficient (Wildman–Crippen LogP) is 3.21. The molecule has 66 valence electrons. The van der Waals surface area contributed by atoms with E-state index in [0.717, 1.165) is 6.42 Å². The van der Waals surface area contributed by atoms with Crippen LogP contribution in [0, 0.1) is 11.3 Å². The molecule has 0 radical (unpaired) electrons. The second-order valence-corrected chi connectivity index (χ2v) is 4.85. The van der Waals surface area contributed by atoms with E-state index in [9.17, 15) is 4.79 Å². The molecule has 0 saturated heterocycles. The van der Waals surface area contributed by atoms with E-state index in [-0.39, 0.29) is 5.24 Å². The van der Waals surface area contributed by atoms with E-state index in [0.29, 0.717) is 17.8 Å². The molecule has 0 N–H and O–H groups in total. The van der Waals surface area contributed by atoms with Crippen molar-refractivity contribution in [3.8, 4) is 0 Å². The molecule has 0 aromatic carbocycles. The molecule has 0 aromatic rings. The summed E-state index contributed by atoms with van der Waals surface area (Å²) in [5, 5.41) is -0.221. The highest BCUT2D eigenvalue weighted by atomic mass is 35.5. The summed E-state index contributed by atoms with van der Waals surface area (Å²) in [7, 11) is 0. The lowest BCUT2D eigenvalue weighted by Gasteiger charge is -2.21. The van der Waals surface area contributed by atoms with Crippen molar-refractivity contribution in [2.24, 2.45) is 11.3 Å². The van der Waals surface area contributed by atoms with E-state index in [4.69, 9.17) is 11.6 Å². The van der Waals surface area contributed by atoms with Crippen molar-refractivity contribution < 1.29 is 4.79 Å². The van der Waals surface area contributed by atoms with Crippen molar-refractivity contribution in [1.82, 2.24) is 0 Å². The van der Waals surface area contributed by atoms with Crippen LogP contribution in [0.25, 0.3) is 0 Å². The number of carbonyl (C=O) groups excluding carboxylic acids is 1. The minimum absolute atomic E-state index is 0.221. The molecule has 0 saturated carbocycles. The highest BCUT2D eigenvalue weighted by Gasteiger charge is 2.16. The molecule has 0 aliphatic heterocycles. The van der Waals surface area contributed by atoms with Crippen molar-refractivity contribution in [3.05, 3.63) is 0 Å². The number of hydrogen-bond donors (Lipinski definition) is 0. The summed E-state index contributed by atoms with van der Waals surface area (Å²) < 4.78 is 0. The van der Waals surface area contributed by atoms with E-state index in [2.05, 4.69) is 27.7 Å². The molecule has 0 aliphatic carbocycles. The Labute approximate surface area is 74.1 Å². The average molecular weight is 177 g/mol. The van der Waals surface area contributed by atoms with Gasteiger partial charge in [-0.15, -0.1) is 0 Å². The molecule has 0 amide bonds. The maximum Gasteiger partial charge on any atom is 0.221 e. The fourth-order valence-corrected chi connectivity index (χ4v) is 1.65. The summed E-state index contributed by atoms with van der Waals surface area (Å²) in [4.78, 5) is 10.5. The van der Waals surface area contributed by atoms with E-state index in [1.54, 1.807) is 0 Å². The third-order valence-corrected chi connectivity index (χ3v) is 1.62. The van der Waals surface area contributed by atoms with Gasteiger partial charge >= 0.3 is 0 Å². The number of rotatable bonds is 3. The molecule has 1 atom stereocenters. The van der Waals surface area contributed by atoms with Crippen LogP contribution in [0.1, 0.15) is 40.5 Å². The number of carbonyl (C=O) groups is 1. The predicted molar refractivity (Wildman–Crippen MR) is 48.7 cm³/mol. The molecule has 0 aromatic heterocycles. The third-order valence-electron chi connectivity index (χ3n) is 1.47. The standard InChI is InChI=1S/C9H17ClO/c1-7(5-8(10)11)6-9(2,3)4/h7H,5-6H2,1-4H3/t7-/m0/s1. The van der Waals surface area contributed by atoms with Gasteiger partial charge in [0.2, 0.25) is 5.24 Å². The van der Waals surface area contributed by atoms with Crippen LogP contribution in [0.15, 0.2) is 0 Å². The maximum atomic E-state index is 10.5. The van der Waals surface area contributed by atoms with Gasteiger partial charge in [-0.05, 0) is 29.4 Å². The molecule has 0 unspecified atom stereocenters. The van der Waals surface area contributed by atoms with Gasteiger partial charge in [0.05, 0.1) is 0 Å². The SMILES string of the molecule is C[C@@H](CC(=O)Cl)CC(C)(C)C. The van der Waals surface area contributed by atoms with Crippen LogP contribution in [-0.2, 0) is 4.79 Å². The Morgan fingerprint density at radius 3 is 2.18 bits per heavy atom. The lowest BCUT2D eigenvalue weighted by Crippen LogP contribution is -2.12. The Balaban J connectivity index is 3.69. The first kappa shape index (κ1) is 11.0. The molecule has 0 bridgehead atoms. The Bertz CT molecular complexity index is 135. The lowest BCUT2D eigenvalue weighted by atomic mass is 9.84. The monoisotopic (exact) mass is 176 g/mol. The van der Waals surface area contributed by atoms with Crippen LogP contribution in [0.2, 0.25) is 0 Å². The minimum atomic E-state index is -0.221. The first-order chi connectivity index (χ1) is 4.81. The quantitative estimate of drug-likeness (QED) is 0.604. The first-order valence-electron chi connectivity index (χ1n) is 3.99. The summed E-state index contributed by atoms with van der Waals surface area (Å²) in [5.41, 5.74) is 0.297. The van der Waals surface area contributed by atoms with Crippen molar-refractivity contribution in [2.75, 3.05) is 0 Å². The second-order valence-electron chi connectivity index (χ2n) is 4.43. The van der Waals surface area contributed by atoms with Crippen LogP contribution in [0.4, 0.5) is 0 Å². The zero-order chi connectivity index (χ0) is 9.07. The summed E-state index contributed by atoms with van der Waals surface area (Å²) >= 11 is 5.26. The highest BCUT2D eigenvalue weighted by Crippen LogP contribution is 2.26. The van der Waals surface area contributed by atoms with Crippen LogP contribution < -0.4 is 0 Å². The van der Waals surface area contributed by atoms with Gasteiger partial charge in [-0.3, -0.25) is 4.79 Å². The molecule has 0 heterocycles. The molecule has 0 rings (SSSR count). The lowest BCUT2D eigenvalue weighted by molar-refractivity contribution is -0.112. The average Bonchev–Trinajstić information content (AvgIpc) is 1.53. The van der Waals surface area contributed by atoms with Gasteiger partial charge in [0.15, 0.2) is 0 Å². The second kappa shape index (κ2) is 4.10. The third kappa shape index (κ3) is 7.86. The highest BCUT2D eigenvalue weighted by molar-refractivity contribution is 6.63. The van der Waals surface area contributed by atoms with Gasteiger partial charge in [-0.2, -0.15) is 0 Å². The van der Waals surface area contributed by atoms with Gasteiger partial charge in [-0.25, -0.2) is 0 Å². The van der Waals surface area contributed by atoms with E-state index in [1.165, 1.54) is 0 Å². The summed E-state index contributed by atoms with van der Waals surface area (Å²) in [6.07, 6.45) is 1.55. The van der Waals surface area contributed by atoms with Gasteiger partial charge in [0, 0.05) is 6.42 Å². The van der Waals surface area contributed by atoms with Crippen molar-refractivity contribution in [1.29, 1.82) is 0 Å². The normalized spacial score (nSPS) is 14.6. The largest absolute Gasteiger partial charge is 0.281 e. The van der Waals surface area contributed by atoms with Crippen molar-refractivity contribution in [2.45, 2.75) is 40.5 Å². The fraction of sp³-hybridized carbons (Fsp3) is 0.889. The topological polar surface area (TPSA) is 17.1 Å². The van der Waals surface area contributed by atoms with Gasteiger partial charge in [0.1, 0.15) is 0 Å². The minimum Gasteiger partial charge on any atom is -0.281 e. The van der Waals surface area contributed by atoms with Crippen LogP contribution in [0.3, 0.4) is 0 Å². The summed E-state index contributed by atoms with van der Waals surface area (Å²) in [5.74, 6) is 0.403. The Morgan fingerprint density at radius 1 is 1.45 bits per heavy atom. The fourth-order valence-electron chi connectivity index (χ4n) is 1.39. The van der Waals surface area contributed by atoms with Crippen LogP contribution >= 0.6 is 11.6 Å². The zero-order valence-electron chi connectivity index (χ0n) is 7.78. The first-order valence-corrected chi connectivity index (χ1v) is 4.37. The molecule has 11 heavy (non-hydrogen) atoms. The molecule has 2 heteroatoms. The van der Waals surface area contributed by atoms with Crippen LogP contribution in [0.5, 0.6) is 0 Å². The molecule has 1 nitrogen and oxygen atoms in total. The summed E-state index contributed by atoms with van der Waals surface area (Å²) in [6, 6.07) is 0. The van der Waals surface area contributed by atoms with Gasteiger partial charge in [0.25, 0.3) is 0 Å². The molecule has 0 fully saturated rings. The maximum absolute atomic E-state index is 10.5. The Hall–Kier alpha value is -0.0400. The number of hydrogen-bond acceptors (Lipinski definition) is 1. The molecule has 0 spiro atoms. The molecular weight excluding hydrogens is 160 g/mol.